The van der Waals surface area contributed by atoms with Gasteiger partial charge < -0.3 is 15.0 Å². The van der Waals surface area contributed by atoms with Crippen LogP contribution in [0, 0.1) is 5.41 Å². The van der Waals surface area contributed by atoms with Crippen LogP contribution in [-0.4, -0.2) is 50.7 Å². The molecule has 4 nitrogen and oxygen atoms in total. The van der Waals surface area contributed by atoms with Crippen molar-refractivity contribution in [2.75, 3.05) is 39.9 Å². The second-order valence-corrected chi connectivity index (χ2v) is 4.44. The van der Waals surface area contributed by atoms with Crippen LogP contribution in [0.1, 0.15) is 26.7 Å². The van der Waals surface area contributed by atoms with E-state index in [4.69, 9.17) is 4.74 Å². The zero-order valence-electron chi connectivity index (χ0n) is 11.1. The van der Waals surface area contributed by atoms with Crippen molar-refractivity contribution < 1.29 is 9.53 Å². The normalized spacial score (nSPS) is 18.3. The highest BCUT2D eigenvalue weighted by atomic mass is 35.5. The van der Waals surface area contributed by atoms with Gasteiger partial charge in [0.15, 0.2) is 0 Å². The molecule has 1 rings (SSSR count). The third-order valence-electron chi connectivity index (χ3n) is 3.49. The van der Waals surface area contributed by atoms with E-state index in [0.29, 0.717) is 6.61 Å². The highest BCUT2D eigenvalue weighted by Crippen LogP contribution is 2.31. The molecule has 0 atom stereocenters. The number of carbonyl (C=O) groups excluding carboxylic acids is 1. The molecule has 1 saturated heterocycles. The van der Waals surface area contributed by atoms with Gasteiger partial charge in [0, 0.05) is 20.2 Å². The molecule has 102 valence electrons. The molecule has 1 amide bonds. The van der Waals surface area contributed by atoms with Crippen molar-refractivity contribution in [3.05, 3.63) is 0 Å². The summed E-state index contributed by atoms with van der Waals surface area (Å²) in [5, 5.41) is 3.30. The lowest BCUT2D eigenvalue weighted by atomic mass is 9.78. The highest BCUT2D eigenvalue weighted by molar-refractivity contribution is 5.85. The Labute approximate surface area is 110 Å². The number of methoxy groups -OCH3 is 1. The van der Waals surface area contributed by atoms with E-state index in [9.17, 15) is 4.79 Å². The van der Waals surface area contributed by atoms with Crippen LogP contribution in [0.15, 0.2) is 0 Å². The fraction of sp³-hybridized carbons (Fsp3) is 0.917. The molecule has 17 heavy (non-hydrogen) atoms. The average molecular weight is 265 g/mol. The number of piperidine rings is 1. The van der Waals surface area contributed by atoms with E-state index in [2.05, 4.69) is 5.32 Å². The largest absolute Gasteiger partial charge is 0.384 e. The molecule has 1 heterocycles. The average Bonchev–Trinajstić information content (AvgIpc) is 2.32. The van der Waals surface area contributed by atoms with Gasteiger partial charge in [-0.1, -0.05) is 0 Å². The maximum atomic E-state index is 12.5. The Kier molecular flexibility index (Phi) is 7.75. The molecular weight excluding hydrogens is 240 g/mol. The summed E-state index contributed by atoms with van der Waals surface area (Å²) >= 11 is 0. The van der Waals surface area contributed by atoms with Crippen LogP contribution in [-0.2, 0) is 9.53 Å². The van der Waals surface area contributed by atoms with Crippen molar-refractivity contribution in [3.8, 4) is 0 Å². The smallest absolute Gasteiger partial charge is 0.231 e. The van der Waals surface area contributed by atoms with Crippen molar-refractivity contribution >= 4 is 18.3 Å². The van der Waals surface area contributed by atoms with Crippen LogP contribution in [0.4, 0.5) is 0 Å². The summed E-state index contributed by atoms with van der Waals surface area (Å²) < 4.78 is 5.27. The van der Waals surface area contributed by atoms with E-state index in [1.165, 1.54) is 0 Å². The number of halogens is 1. The van der Waals surface area contributed by atoms with Gasteiger partial charge in [0.1, 0.15) is 0 Å². The van der Waals surface area contributed by atoms with E-state index in [1.807, 2.05) is 18.7 Å². The van der Waals surface area contributed by atoms with Crippen LogP contribution in [0.2, 0.25) is 0 Å². The Morgan fingerprint density at radius 2 is 1.82 bits per heavy atom. The molecule has 0 saturated carbocycles. The summed E-state index contributed by atoms with van der Waals surface area (Å²) in [6.45, 7) is 8.01. The lowest BCUT2D eigenvalue weighted by molar-refractivity contribution is -0.147. The number of nitrogens with zero attached hydrogens (tertiary/aromatic N) is 1. The molecule has 0 spiro atoms. The first kappa shape index (κ1) is 16.7. The maximum absolute atomic E-state index is 12.5. The number of nitrogens with one attached hydrogen (secondary N) is 1. The van der Waals surface area contributed by atoms with Crippen molar-refractivity contribution in [3.63, 3.8) is 0 Å². The van der Waals surface area contributed by atoms with Crippen molar-refractivity contribution in [2.24, 2.45) is 5.41 Å². The fourth-order valence-electron chi connectivity index (χ4n) is 2.45. The molecular formula is C12H25ClN2O2. The first-order valence-corrected chi connectivity index (χ1v) is 6.19. The van der Waals surface area contributed by atoms with Crippen LogP contribution in [0.25, 0.3) is 0 Å². The summed E-state index contributed by atoms with van der Waals surface area (Å²) in [5.74, 6) is 0.265. The Bertz CT molecular complexity index is 221. The topological polar surface area (TPSA) is 41.6 Å². The summed E-state index contributed by atoms with van der Waals surface area (Å²) in [7, 11) is 1.68. The highest BCUT2D eigenvalue weighted by Gasteiger charge is 2.41. The minimum atomic E-state index is -0.286. The minimum Gasteiger partial charge on any atom is -0.384 e. The molecule has 0 aliphatic carbocycles. The van der Waals surface area contributed by atoms with E-state index >= 15 is 0 Å². The van der Waals surface area contributed by atoms with Crippen LogP contribution < -0.4 is 5.32 Å². The number of rotatable bonds is 5. The number of carbonyl (C=O) groups is 1. The number of hydrogen-bond acceptors (Lipinski definition) is 3. The first-order chi connectivity index (χ1) is 7.70. The van der Waals surface area contributed by atoms with Crippen LogP contribution in [0.3, 0.4) is 0 Å². The predicted octanol–water partition coefficient (Wildman–Crippen LogP) is 1.29. The van der Waals surface area contributed by atoms with E-state index in [1.54, 1.807) is 7.11 Å². The molecule has 0 aromatic carbocycles. The summed E-state index contributed by atoms with van der Waals surface area (Å²) in [5.41, 5.74) is -0.286. The summed E-state index contributed by atoms with van der Waals surface area (Å²) in [4.78, 5) is 14.4. The molecule has 1 fully saturated rings. The lowest BCUT2D eigenvalue weighted by Crippen LogP contribution is -2.51. The Balaban J connectivity index is 0.00000256. The number of ether oxygens (including phenoxy) is 1. The predicted molar refractivity (Wildman–Crippen MR) is 71.6 cm³/mol. The van der Waals surface area contributed by atoms with Gasteiger partial charge in [0.25, 0.3) is 0 Å². The molecule has 0 radical (unpaired) electrons. The van der Waals surface area contributed by atoms with E-state index in [0.717, 1.165) is 39.0 Å². The maximum Gasteiger partial charge on any atom is 0.231 e. The second-order valence-electron chi connectivity index (χ2n) is 4.44. The number of hydrogen-bond donors (Lipinski definition) is 1. The Hall–Kier alpha value is -0.320. The van der Waals surface area contributed by atoms with Gasteiger partial charge in [-0.05, 0) is 39.8 Å². The molecule has 1 N–H and O–H groups in total. The molecule has 1 aliphatic heterocycles. The Morgan fingerprint density at radius 3 is 2.24 bits per heavy atom. The molecule has 5 heteroatoms. The lowest BCUT2D eigenvalue weighted by Gasteiger charge is -2.39. The fourth-order valence-corrected chi connectivity index (χ4v) is 2.45. The monoisotopic (exact) mass is 264 g/mol. The minimum absolute atomic E-state index is 0. The zero-order chi connectivity index (χ0) is 12.0. The molecule has 1 aliphatic rings. The molecule has 0 aromatic heterocycles. The Morgan fingerprint density at radius 1 is 1.29 bits per heavy atom. The van der Waals surface area contributed by atoms with Crippen LogP contribution >= 0.6 is 12.4 Å². The van der Waals surface area contributed by atoms with Crippen LogP contribution in [0.5, 0.6) is 0 Å². The zero-order valence-corrected chi connectivity index (χ0v) is 11.9. The second kappa shape index (κ2) is 7.90. The third-order valence-corrected chi connectivity index (χ3v) is 3.49. The van der Waals surface area contributed by atoms with Gasteiger partial charge in [-0.25, -0.2) is 0 Å². The van der Waals surface area contributed by atoms with Gasteiger partial charge in [0.2, 0.25) is 5.91 Å². The standard InChI is InChI=1S/C12H24N2O2.ClH/c1-4-14(5-2)11(15)12(10-16-3)6-8-13-9-7-12;/h13H,4-10H2,1-3H3;1H. The summed E-state index contributed by atoms with van der Waals surface area (Å²) in [6.07, 6.45) is 1.77. The first-order valence-electron chi connectivity index (χ1n) is 6.19. The van der Waals surface area contributed by atoms with Gasteiger partial charge in [0.05, 0.1) is 12.0 Å². The molecule has 0 unspecified atom stereocenters. The number of amides is 1. The van der Waals surface area contributed by atoms with Gasteiger partial charge >= 0.3 is 0 Å². The summed E-state index contributed by atoms with van der Waals surface area (Å²) in [6, 6.07) is 0. The van der Waals surface area contributed by atoms with Gasteiger partial charge in [-0.3, -0.25) is 4.79 Å². The van der Waals surface area contributed by atoms with Gasteiger partial charge in [-0.2, -0.15) is 0 Å². The van der Waals surface area contributed by atoms with E-state index < -0.39 is 0 Å². The van der Waals surface area contributed by atoms with Crippen molar-refractivity contribution in [2.45, 2.75) is 26.7 Å². The molecule has 0 aromatic rings. The van der Waals surface area contributed by atoms with Gasteiger partial charge in [-0.15, -0.1) is 12.4 Å². The van der Waals surface area contributed by atoms with Crippen molar-refractivity contribution in [1.29, 1.82) is 0 Å². The third kappa shape index (κ3) is 3.83. The van der Waals surface area contributed by atoms with E-state index in [-0.39, 0.29) is 23.7 Å². The quantitative estimate of drug-likeness (QED) is 0.814. The van der Waals surface area contributed by atoms with Crippen molar-refractivity contribution in [1.82, 2.24) is 10.2 Å². The molecule has 0 bridgehead atoms. The SMILES string of the molecule is CCN(CC)C(=O)C1(COC)CCNCC1.Cl.